The predicted octanol–water partition coefficient (Wildman–Crippen LogP) is 5.29. The molecule has 2 atom stereocenters. The van der Waals surface area contributed by atoms with E-state index in [1.54, 1.807) is 0 Å². The fourth-order valence-electron chi connectivity index (χ4n) is 3.18. The van der Waals surface area contributed by atoms with Gasteiger partial charge in [-0.3, -0.25) is 0 Å². The second-order valence-electron chi connectivity index (χ2n) is 5.83. The Labute approximate surface area is 126 Å². The largest absolute Gasteiger partial charge is 0.310 e. The Morgan fingerprint density at radius 1 is 1.16 bits per heavy atom. The predicted molar refractivity (Wildman–Crippen MR) is 86.3 cm³/mol. The van der Waals surface area contributed by atoms with Gasteiger partial charge in [0.25, 0.3) is 0 Å². The van der Waals surface area contributed by atoms with Crippen molar-refractivity contribution in [2.24, 2.45) is 5.92 Å². The summed E-state index contributed by atoms with van der Waals surface area (Å²) in [7, 11) is 0. The second kappa shape index (κ2) is 8.06. The first-order valence-corrected chi connectivity index (χ1v) is 8.55. The third-order valence-electron chi connectivity index (χ3n) is 4.32. The third kappa shape index (κ3) is 4.92. The van der Waals surface area contributed by atoms with E-state index in [1.165, 1.54) is 55.0 Å². The van der Waals surface area contributed by atoms with Crippen molar-refractivity contribution >= 4 is 15.9 Å². The fraction of sp³-hybridized carbons (Fsp3) is 0.647. The topological polar surface area (TPSA) is 12.0 Å². The Morgan fingerprint density at radius 2 is 2.00 bits per heavy atom. The monoisotopic (exact) mass is 323 g/mol. The molecule has 0 radical (unpaired) electrons. The van der Waals surface area contributed by atoms with Gasteiger partial charge in [-0.15, -0.1) is 0 Å². The Balaban J connectivity index is 1.79. The van der Waals surface area contributed by atoms with Crippen molar-refractivity contribution in [1.82, 2.24) is 5.32 Å². The molecule has 1 aromatic rings. The lowest BCUT2D eigenvalue weighted by Crippen LogP contribution is -2.28. The van der Waals surface area contributed by atoms with Crippen molar-refractivity contribution in [3.63, 3.8) is 0 Å². The van der Waals surface area contributed by atoms with Crippen LogP contribution in [-0.4, -0.2) is 6.04 Å². The first-order chi connectivity index (χ1) is 9.29. The number of hydrogen-bond donors (Lipinski definition) is 1. The molecule has 19 heavy (non-hydrogen) atoms. The van der Waals surface area contributed by atoms with Gasteiger partial charge in [0, 0.05) is 17.1 Å². The summed E-state index contributed by atoms with van der Waals surface area (Å²) in [5, 5.41) is 3.75. The lowest BCUT2D eigenvalue weighted by atomic mass is 9.95. The molecule has 1 N–H and O–H groups in total. The lowest BCUT2D eigenvalue weighted by Gasteiger charge is -2.17. The van der Waals surface area contributed by atoms with Crippen LogP contribution in [0.4, 0.5) is 0 Å². The van der Waals surface area contributed by atoms with Crippen LogP contribution in [0, 0.1) is 5.92 Å². The van der Waals surface area contributed by atoms with Gasteiger partial charge in [0.15, 0.2) is 0 Å². The lowest BCUT2D eigenvalue weighted by molar-refractivity contribution is 0.409. The van der Waals surface area contributed by atoms with Crippen molar-refractivity contribution in [2.75, 3.05) is 0 Å². The van der Waals surface area contributed by atoms with Gasteiger partial charge in [0.1, 0.15) is 0 Å². The summed E-state index contributed by atoms with van der Waals surface area (Å²) in [6.45, 7) is 3.30. The van der Waals surface area contributed by atoms with Gasteiger partial charge < -0.3 is 5.32 Å². The molecule has 0 aliphatic heterocycles. The quantitative estimate of drug-likeness (QED) is 0.726. The molecular weight excluding hydrogens is 298 g/mol. The molecule has 0 spiro atoms. The molecule has 1 aliphatic rings. The van der Waals surface area contributed by atoms with E-state index in [-0.39, 0.29) is 0 Å². The molecule has 0 saturated heterocycles. The van der Waals surface area contributed by atoms with Crippen LogP contribution in [0.1, 0.15) is 57.4 Å². The molecule has 0 amide bonds. The third-order valence-corrected chi connectivity index (χ3v) is 5.10. The number of hydrogen-bond acceptors (Lipinski definition) is 1. The van der Waals surface area contributed by atoms with Crippen molar-refractivity contribution in [3.05, 3.63) is 34.3 Å². The fourth-order valence-corrected chi connectivity index (χ4v) is 3.60. The van der Waals surface area contributed by atoms with E-state index in [1.807, 2.05) is 0 Å². The SMILES string of the molecule is CCCC1CCCC(NCc2ccccc2Br)CC1. The highest BCUT2D eigenvalue weighted by atomic mass is 79.9. The first-order valence-electron chi connectivity index (χ1n) is 7.76. The van der Waals surface area contributed by atoms with Gasteiger partial charge >= 0.3 is 0 Å². The molecule has 2 heteroatoms. The maximum Gasteiger partial charge on any atom is 0.0220 e. The highest BCUT2D eigenvalue weighted by Crippen LogP contribution is 2.27. The summed E-state index contributed by atoms with van der Waals surface area (Å²) in [5.74, 6) is 0.986. The zero-order valence-electron chi connectivity index (χ0n) is 12.0. The second-order valence-corrected chi connectivity index (χ2v) is 6.69. The average Bonchev–Trinajstić information content (AvgIpc) is 2.64. The number of nitrogens with one attached hydrogen (secondary N) is 1. The van der Waals surface area contributed by atoms with Crippen LogP contribution < -0.4 is 5.32 Å². The number of benzene rings is 1. The minimum absolute atomic E-state index is 0.717. The minimum Gasteiger partial charge on any atom is -0.310 e. The van der Waals surface area contributed by atoms with Crippen molar-refractivity contribution in [2.45, 2.75) is 64.5 Å². The van der Waals surface area contributed by atoms with Crippen LogP contribution >= 0.6 is 15.9 Å². The van der Waals surface area contributed by atoms with E-state index < -0.39 is 0 Å². The molecule has 1 aliphatic carbocycles. The Bertz CT molecular complexity index is 377. The van der Waals surface area contributed by atoms with Gasteiger partial charge in [-0.2, -0.15) is 0 Å². The molecule has 0 heterocycles. The van der Waals surface area contributed by atoms with Crippen molar-refractivity contribution in [1.29, 1.82) is 0 Å². The molecular formula is C17H26BrN. The number of rotatable bonds is 5. The zero-order valence-corrected chi connectivity index (χ0v) is 13.6. The maximum absolute atomic E-state index is 3.75. The van der Waals surface area contributed by atoms with Gasteiger partial charge in [0.05, 0.1) is 0 Å². The smallest absolute Gasteiger partial charge is 0.0220 e. The molecule has 1 aromatic carbocycles. The van der Waals surface area contributed by atoms with Crippen LogP contribution in [-0.2, 0) is 6.54 Å². The highest BCUT2D eigenvalue weighted by molar-refractivity contribution is 9.10. The molecule has 0 bridgehead atoms. The van der Waals surface area contributed by atoms with E-state index >= 15 is 0 Å². The molecule has 0 aromatic heterocycles. The summed E-state index contributed by atoms with van der Waals surface area (Å²) in [5.41, 5.74) is 1.37. The van der Waals surface area contributed by atoms with E-state index in [9.17, 15) is 0 Å². The zero-order chi connectivity index (χ0) is 13.5. The van der Waals surface area contributed by atoms with Gasteiger partial charge in [-0.25, -0.2) is 0 Å². The summed E-state index contributed by atoms with van der Waals surface area (Å²) >= 11 is 3.63. The summed E-state index contributed by atoms with van der Waals surface area (Å²) in [4.78, 5) is 0. The molecule has 1 nitrogen and oxygen atoms in total. The van der Waals surface area contributed by atoms with Crippen molar-refractivity contribution in [3.8, 4) is 0 Å². The van der Waals surface area contributed by atoms with E-state index in [4.69, 9.17) is 0 Å². The van der Waals surface area contributed by atoms with E-state index in [0.29, 0.717) is 6.04 Å². The highest BCUT2D eigenvalue weighted by Gasteiger charge is 2.17. The van der Waals surface area contributed by atoms with E-state index in [2.05, 4.69) is 52.4 Å². The first kappa shape index (κ1) is 15.1. The normalized spacial score (nSPS) is 24.1. The summed E-state index contributed by atoms with van der Waals surface area (Å²) in [6, 6.07) is 9.24. The Kier molecular flexibility index (Phi) is 6.39. The minimum atomic E-state index is 0.717. The molecule has 106 valence electrons. The van der Waals surface area contributed by atoms with Crippen LogP contribution in [0.15, 0.2) is 28.7 Å². The van der Waals surface area contributed by atoms with Crippen LogP contribution in [0.2, 0.25) is 0 Å². The molecule has 2 rings (SSSR count). The molecule has 1 fully saturated rings. The molecule has 1 saturated carbocycles. The van der Waals surface area contributed by atoms with Gasteiger partial charge in [-0.1, -0.05) is 66.7 Å². The Hall–Kier alpha value is -0.340. The average molecular weight is 324 g/mol. The van der Waals surface area contributed by atoms with Gasteiger partial charge in [-0.05, 0) is 36.8 Å². The number of halogens is 1. The summed E-state index contributed by atoms with van der Waals surface area (Å²) < 4.78 is 1.22. The van der Waals surface area contributed by atoms with Crippen molar-refractivity contribution < 1.29 is 0 Å². The van der Waals surface area contributed by atoms with Gasteiger partial charge in [0.2, 0.25) is 0 Å². The Morgan fingerprint density at radius 3 is 2.79 bits per heavy atom. The standard InChI is InChI=1S/C17H26BrN/c1-2-6-14-7-5-9-16(12-11-14)19-13-15-8-3-4-10-17(15)18/h3-4,8,10,14,16,19H,2,5-7,9,11-13H2,1H3. The van der Waals surface area contributed by atoms with Crippen LogP contribution in [0.3, 0.4) is 0 Å². The molecule has 2 unspecified atom stereocenters. The van der Waals surface area contributed by atoms with Crippen LogP contribution in [0.5, 0.6) is 0 Å². The van der Waals surface area contributed by atoms with Crippen LogP contribution in [0.25, 0.3) is 0 Å². The summed E-state index contributed by atoms with van der Waals surface area (Å²) in [6.07, 6.45) is 9.75. The van der Waals surface area contributed by atoms with E-state index in [0.717, 1.165) is 12.5 Å². The maximum atomic E-state index is 3.75.